The topological polar surface area (TPSA) is 158 Å². The zero-order valence-electron chi connectivity index (χ0n) is 14.9. The van der Waals surface area contributed by atoms with Crippen molar-refractivity contribution in [2.45, 2.75) is 37.1 Å². The van der Waals surface area contributed by atoms with Gasteiger partial charge in [-0.2, -0.15) is 13.2 Å². The number of nitrogen functional groups attached to an aromatic ring is 1. The smallest absolute Gasteiger partial charge is 0.394 e. The Kier molecular flexibility index (Phi) is 6.16. The molecule has 0 aliphatic carbocycles. The summed E-state index contributed by atoms with van der Waals surface area (Å²) in [5.74, 6) is -1.90. The van der Waals surface area contributed by atoms with E-state index in [4.69, 9.17) is 15.2 Å². The molecule has 3 heterocycles. The number of carbonyl (C=O) groups is 1. The molecule has 0 bridgehead atoms. The normalized spacial score (nSPS) is 24.9. The molecule has 29 heavy (non-hydrogen) atoms. The number of aliphatic hydroxyl groups is 2. The van der Waals surface area contributed by atoms with Gasteiger partial charge in [0.15, 0.2) is 17.7 Å². The quantitative estimate of drug-likeness (QED) is 0.417. The first-order chi connectivity index (χ1) is 13.7. The molecule has 1 fully saturated rings. The molecule has 160 valence electrons. The summed E-state index contributed by atoms with van der Waals surface area (Å²) >= 11 is 0. The minimum atomic E-state index is -4.96. The lowest BCUT2D eigenvalue weighted by molar-refractivity contribution is -0.173. The number of fused-ring (bicyclic) bond motifs is 1. The van der Waals surface area contributed by atoms with Crippen molar-refractivity contribution in [1.82, 2.24) is 24.8 Å². The summed E-state index contributed by atoms with van der Waals surface area (Å²) in [5.41, 5.74) is 6.38. The molecule has 0 radical (unpaired) electrons. The fourth-order valence-corrected chi connectivity index (χ4v) is 2.92. The standard InChI is InChI=1S/C15H19F3N6O5/c16-15(17,18)14(27)20-2-1-3-28-10-9(26)7(4-25)29-13(10)24-6-23-8-11(19)21-5-22-12(8)24/h5-7,9-10,13,25-26H,1-4H2,(H,20,27)(H2,19,21,22)/t7-,9-,10-,13-/m1/s1. The lowest BCUT2D eigenvalue weighted by Gasteiger charge is -2.22. The fraction of sp³-hybridized carbons (Fsp3) is 0.600. The van der Waals surface area contributed by atoms with Gasteiger partial charge in [-0.25, -0.2) is 15.0 Å². The first kappa shape index (κ1) is 21.2. The number of aliphatic hydroxyl groups excluding tert-OH is 2. The Hall–Kier alpha value is -2.55. The van der Waals surface area contributed by atoms with Crippen molar-refractivity contribution in [2.75, 3.05) is 25.5 Å². The highest BCUT2D eigenvalue weighted by atomic mass is 19.4. The number of halogens is 3. The highest BCUT2D eigenvalue weighted by Crippen LogP contribution is 2.33. The predicted molar refractivity (Wildman–Crippen MR) is 90.2 cm³/mol. The number of ether oxygens (including phenoxy) is 2. The number of hydrogen-bond donors (Lipinski definition) is 4. The molecule has 14 heteroatoms. The monoisotopic (exact) mass is 420 g/mol. The van der Waals surface area contributed by atoms with Crippen molar-refractivity contribution in [3.8, 4) is 0 Å². The number of hydrogen-bond acceptors (Lipinski definition) is 9. The highest BCUT2D eigenvalue weighted by Gasteiger charge is 2.46. The predicted octanol–water partition coefficient (Wildman–Crippen LogP) is -0.887. The summed E-state index contributed by atoms with van der Waals surface area (Å²) in [5, 5.41) is 21.5. The summed E-state index contributed by atoms with van der Waals surface area (Å²) in [6, 6.07) is 0. The Balaban J connectivity index is 1.67. The van der Waals surface area contributed by atoms with Gasteiger partial charge in [-0.3, -0.25) is 9.36 Å². The van der Waals surface area contributed by atoms with Crippen molar-refractivity contribution in [2.24, 2.45) is 0 Å². The van der Waals surface area contributed by atoms with Gasteiger partial charge < -0.3 is 30.7 Å². The molecule has 0 saturated carbocycles. The number of anilines is 1. The van der Waals surface area contributed by atoms with Crippen LogP contribution in [0.2, 0.25) is 0 Å². The molecular formula is C15H19F3N6O5. The SMILES string of the molecule is Nc1ncnc2c1ncn2[C@@H]1O[C@H](CO)[C@@H](O)[C@H]1OCCCNC(=O)C(F)(F)F. The summed E-state index contributed by atoms with van der Waals surface area (Å²) < 4.78 is 49.2. The number of nitrogens with two attached hydrogens (primary N) is 1. The number of aromatic nitrogens is 4. The van der Waals surface area contributed by atoms with Crippen LogP contribution in [0.4, 0.5) is 19.0 Å². The van der Waals surface area contributed by atoms with E-state index < -0.39 is 43.2 Å². The van der Waals surface area contributed by atoms with Gasteiger partial charge in [0.05, 0.1) is 12.9 Å². The van der Waals surface area contributed by atoms with E-state index in [1.165, 1.54) is 17.2 Å². The van der Waals surface area contributed by atoms with Crippen LogP contribution in [0.25, 0.3) is 11.2 Å². The number of nitrogens with one attached hydrogen (secondary N) is 1. The first-order valence-electron chi connectivity index (χ1n) is 8.58. The molecule has 4 atom stereocenters. The minimum absolute atomic E-state index is 0.0569. The molecule has 0 spiro atoms. The third kappa shape index (κ3) is 4.39. The molecule has 1 aliphatic rings. The van der Waals surface area contributed by atoms with Crippen LogP contribution < -0.4 is 11.1 Å². The third-order valence-electron chi connectivity index (χ3n) is 4.33. The molecule has 0 aromatic carbocycles. The maximum absolute atomic E-state index is 12.2. The molecule has 1 amide bonds. The minimum Gasteiger partial charge on any atom is -0.394 e. The molecule has 3 rings (SSSR count). The van der Waals surface area contributed by atoms with Crippen LogP contribution in [0.1, 0.15) is 12.6 Å². The van der Waals surface area contributed by atoms with E-state index in [0.29, 0.717) is 11.2 Å². The van der Waals surface area contributed by atoms with Crippen LogP contribution in [0.15, 0.2) is 12.7 Å². The number of carbonyl (C=O) groups excluding carboxylic acids is 1. The zero-order chi connectivity index (χ0) is 21.2. The Bertz CT molecular complexity index is 863. The van der Waals surface area contributed by atoms with Crippen LogP contribution >= 0.6 is 0 Å². The number of alkyl halides is 3. The van der Waals surface area contributed by atoms with Crippen molar-refractivity contribution < 1.29 is 37.7 Å². The fourth-order valence-electron chi connectivity index (χ4n) is 2.92. The van der Waals surface area contributed by atoms with Gasteiger partial charge in [-0.05, 0) is 6.42 Å². The maximum Gasteiger partial charge on any atom is 0.471 e. The Labute approximate surface area is 161 Å². The van der Waals surface area contributed by atoms with Gasteiger partial charge in [0, 0.05) is 13.2 Å². The van der Waals surface area contributed by atoms with E-state index in [0.717, 1.165) is 0 Å². The largest absolute Gasteiger partial charge is 0.471 e. The molecule has 1 saturated heterocycles. The molecule has 2 aromatic rings. The van der Waals surface area contributed by atoms with E-state index in [9.17, 15) is 28.2 Å². The van der Waals surface area contributed by atoms with E-state index in [1.54, 1.807) is 5.32 Å². The van der Waals surface area contributed by atoms with E-state index >= 15 is 0 Å². The Morgan fingerprint density at radius 3 is 2.83 bits per heavy atom. The van der Waals surface area contributed by atoms with Crippen LogP contribution in [-0.2, 0) is 14.3 Å². The van der Waals surface area contributed by atoms with E-state index in [1.807, 2.05) is 0 Å². The summed E-state index contributed by atoms with van der Waals surface area (Å²) in [4.78, 5) is 22.8. The average Bonchev–Trinajstić information content (AvgIpc) is 3.22. The number of rotatable bonds is 7. The Morgan fingerprint density at radius 1 is 1.38 bits per heavy atom. The summed E-state index contributed by atoms with van der Waals surface area (Å²) in [6.07, 6.45) is -6.37. The second-order valence-electron chi connectivity index (χ2n) is 6.26. The van der Waals surface area contributed by atoms with Crippen molar-refractivity contribution in [3.05, 3.63) is 12.7 Å². The van der Waals surface area contributed by atoms with E-state index in [-0.39, 0.29) is 25.4 Å². The lowest BCUT2D eigenvalue weighted by atomic mass is 10.1. The van der Waals surface area contributed by atoms with Gasteiger partial charge >= 0.3 is 12.1 Å². The van der Waals surface area contributed by atoms with Gasteiger partial charge in [0.25, 0.3) is 0 Å². The molecular weight excluding hydrogens is 401 g/mol. The van der Waals surface area contributed by atoms with Gasteiger partial charge in [-0.15, -0.1) is 0 Å². The summed E-state index contributed by atoms with van der Waals surface area (Å²) in [6.45, 7) is -0.835. The first-order valence-corrected chi connectivity index (χ1v) is 8.58. The second-order valence-corrected chi connectivity index (χ2v) is 6.26. The molecule has 5 N–H and O–H groups in total. The van der Waals surface area contributed by atoms with Crippen molar-refractivity contribution in [3.63, 3.8) is 0 Å². The average molecular weight is 420 g/mol. The zero-order valence-corrected chi connectivity index (χ0v) is 14.9. The van der Waals surface area contributed by atoms with E-state index in [2.05, 4.69) is 15.0 Å². The molecule has 11 nitrogen and oxygen atoms in total. The second kappa shape index (κ2) is 8.44. The summed E-state index contributed by atoms with van der Waals surface area (Å²) in [7, 11) is 0. The van der Waals surface area contributed by atoms with Gasteiger partial charge in [0.2, 0.25) is 0 Å². The number of imidazole rings is 1. The highest BCUT2D eigenvalue weighted by molar-refractivity contribution is 5.81. The maximum atomic E-state index is 12.2. The molecule has 1 aliphatic heterocycles. The van der Waals surface area contributed by atoms with Gasteiger partial charge in [0.1, 0.15) is 30.2 Å². The van der Waals surface area contributed by atoms with Gasteiger partial charge in [-0.1, -0.05) is 0 Å². The molecule has 2 aromatic heterocycles. The molecule has 0 unspecified atom stereocenters. The van der Waals surface area contributed by atoms with Crippen LogP contribution in [-0.4, -0.2) is 79.9 Å². The Morgan fingerprint density at radius 2 is 2.14 bits per heavy atom. The van der Waals surface area contributed by atoms with Crippen LogP contribution in [0.5, 0.6) is 0 Å². The van der Waals surface area contributed by atoms with Crippen LogP contribution in [0, 0.1) is 0 Å². The van der Waals surface area contributed by atoms with Crippen LogP contribution in [0.3, 0.4) is 0 Å². The number of amides is 1. The lowest BCUT2D eigenvalue weighted by Crippen LogP contribution is -2.38. The van der Waals surface area contributed by atoms with Crippen molar-refractivity contribution in [1.29, 1.82) is 0 Å². The van der Waals surface area contributed by atoms with Crippen molar-refractivity contribution >= 4 is 22.9 Å². The third-order valence-corrected chi connectivity index (χ3v) is 4.33. The number of nitrogens with zero attached hydrogens (tertiary/aromatic N) is 4.